The number of ether oxygens (including phenoxy) is 3. The van der Waals surface area contributed by atoms with Crippen molar-refractivity contribution >= 4 is 5.91 Å². The first-order valence-corrected chi connectivity index (χ1v) is 9.48. The van der Waals surface area contributed by atoms with Crippen LogP contribution in [-0.2, 0) is 16.0 Å². The Kier molecular flexibility index (Phi) is 5.27. The maximum atomic E-state index is 12.7. The van der Waals surface area contributed by atoms with Crippen molar-refractivity contribution in [2.24, 2.45) is 0 Å². The average molecular weight is 387 g/mol. The smallest absolute Gasteiger partial charge is 0.274 e. The van der Waals surface area contributed by atoms with E-state index in [0.717, 1.165) is 18.5 Å². The minimum absolute atomic E-state index is 0.00959. The van der Waals surface area contributed by atoms with Crippen LogP contribution in [0.15, 0.2) is 24.7 Å². The Bertz CT molecular complexity index is 833. The van der Waals surface area contributed by atoms with E-state index in [-0.39, 0.29) is 17.6 Å². The van der Waals surface area contributed by atoms with Crippen molar-refractivity contribution in [2.45, 2.75) is 38.0 Å². The summed E-state index contributed by atoms with van der Waals surface area (Å²) < 4.78 is 18.8. The number of hydrogen-bond donors (Lipinski definition) is 0. The van der Waals surface area contributed by atoms with Gasteiger partial charge in [-0.3, -0.25) is 14.5 Å². The molecule has 2 aromatic heterocycles. The second kappa shape index (κ2) is 7.84. The van der Waals surface area contributed by atoms with E-state index < -0.39 is 0 Å². The predicted molar refractivity (Wildman–Crippen MR) is 99.1 cm³/mol. The first-order chi connectivity index (χ1) is 13.6. The molecule has 28 heavy (non-hydrogen) atoms. The second-order valence-electron chi connectivity index (χ2n) is 7.38. The molecule has 2 aliphatic rings. The van der Waals surface area contributed by atoms with E-state index in [4.69, 9.17) is 14.2 Å². The van der Waals surface area contributed by atoms with Gasteiger partial charge in [0.05, 0.1) is 44.7 Å². The maximum Gasteiger partial charge on any atom is 0.274 e. The fraction of sp³-hybridized carbons (Fsp3) is 0.579. The van der Waals surface area contributed by atoms with Crippen molar-refractivity contribution < 1.29 is 19.0 Å². The van der Waals surface area contributed by atoms with Crippen LogP contribution in [0.5, 0.6) is 5.88 Å². The summed E-state index contributed by atoms with van der Waals surface area (Å²) in [6.07, 6.45) is 6.67. The number of aromatic nitrogens is 4. The molecule has 0 bridgehead atoms. The van der Waals surface area contributed by atoms with E-state index in [1.807, 2.05) is 6.92 Å². The summed E-state index contributed by atoms with van der Waals surface area (Å²) >= 11 is 0. The number of likely N-dealkylation sites (tertiary alicyclic amines) is 1. The number of carbonyl (C=O) groups excluding carboxylic acids is 1. The Morgan fingerprint density at radius 3 is 3.04 bits per heavy atom. The van der Waals surface area contributed by atoms with Crippen LogP contribution in [0.1, 0.15) is 29.0 Å². The van der Waals surface area contributed by atoms with Gasteiger partial charge in [0, 0.05) is 32.3 Å². The Hall–Kier alpha value is -2.52. The molecule has 0 N–H and O–H groups in total. The zero-order valence-electron chi connectivity index (χ0n) is 16.2. The third-order valence-electron chi connectivity index (χ3n) is 5.10. The molecule has 1 atom stereocenters. The van der Waals surface area contributed by atoms with Gasteiger partial charge in [-0.05, 0) is 13.0 Å². The fourth-order valence-electron chi connectivity index (χ4n) is 3.71. The van der Waals surface area contributed by atoms with Crippen molar-refractivity contribution in [2.75, 3.05) is 33.4 Å². The summed E-state index contributed by atoms with van der Waals surface area (Å²) in [4.78, 5) is 22.9. The fourth-order valence-corrected chi connectivity index (χ4v) is 3.71. The molecule has 9 nitrogen and oxygen atoms in total. The molecule has 0 unspecified atom stereocenters. The minimum Gasteiger partial charge on any atom is -0.473 e. The molecule has 2 aliphatic heterocycles. The largest absolute Gasteiger partial charge is 0.473 e. The monoisotopic (exact) mass is 387 g/mol. The Labute approximate surface area is 163 Å². The molecule has 2 fully saturated rings. The van der Waals surface area contributed by atoms with Gasteiger partial charge in [0.2, 0.25) is 5.88 Å². The Balaban J connectivity index is 1.32. The van der Waals surface area contributed by atoms with Gasteiger partial charge >= 0.3 is 0 Å². The molecule has 2 saturated heterocycles. The van der Waals surface area contributed by atoms with E-state index in [2.05, 4.69) is 15.1 Å². The van der Waals surface area contributed by atoms with Crippen LogP contribution in [0.2, 0.25) is 0 Å². The molecular formula is C19H25N5O4. The highest BCUT2D eigenvalue weighted by Crippen LogP contribution is 2.36. The van der Waals surface area contributed by atoms with Gasteiger partial charge in [-0.25, -0.2) is 4.98 Å². The van der Waals surface area contributed by atoms with Crippen molar-refractivity contribution in [3.63, 3.8) is 0 Å². The molecule has 1 spiro atoms. The van der Waals surface area contributed by atoms with E-state index in [1.165, 1.54) is 0 Å². The average Bonchev–Trinajstić information content (AvgIpc) is 3.13. The first-order valence-electron chi connectivity index (χ1n) is 9.48. The van der Waals surface area contributed by atoms with Crippen molar-refractivity contribution in [1.82, 2.24) is 24.6 Å². The third-order valence-corrected chi connectivity index (χ3v) is 5.10. The van der Waals surface area contributed by atoms with Gasteiger partial charge in [0.15, 0.2) is 0 Å². The third kappa shape index (κ3) is 4.00. The minimum atomic E-state index is -0.339. The highest BCUT2D eigenvalue weighted by Gasteiger charge is 2.50. The predicted octanol–water partition coefficient (Wildman–Crippen LogP) is 1.08. The summed E-state index contributed by atoms with van der Waals surface area (Å²) in [5.41, 5.74) is 0.934. The summed E-state index contributed by atoms with van der Waals surface area (Å²) in [5, 5.41) is 4.33. The molecule has 150 valence electrons. The zero-order chi connectivity index (χ0) is 19.6. The number of hydrogen-bond acceptors (Lipinski definition) is 7. The Morgan fingerprint density at radius 2 is 2.25 bits per heavy atom. The van der Waals surface area contributed by atoms with Gasteiger partial charge < -0.3 is 19.1 Å². The molecule has 9 heteroatoms. The lowest BCUT2D eigenvalue weighted by molar-refractivity contribution is -0.174. The van der Waals surface area contributed by atoms with Gasteiger partial charge in [-0.1, -0.05) is 0 Å². The van der Waals surface area contributed by atoms with Gasteiger partial charge in [0.25, 0.3) is 5.91 Å². The van der Waals surface area contributed by atoms with Crippen LogP contribution in [0.4, 0.5) is 0 Å². The number of methoxy groups -OCH3 is 1. The van der Waals surface area contributed by atoms with Crippen molar-refractivity contribution in [1.29, 1.82) is 0 Å². The number of amides is 1. The van der Waals surface area contributed by atoms with Crippen LogP contribution in [0.25, 0.3) is 0 Å². The van der Waals surface area contributed by atoms with E-state index in [1.54, 1.807) is 41.3 Å². The van der Waals surface area contributed by atoms with E-state index in [0.29, 0.717) is 44.4 Å². The van der Waals surface area contributed by atoms with Crippen LogP contribution in [-0.4, -0.2) is 75.7 Å². The molecule has 0 radical (unpaired) electrons. The molecule has 4 heterocycles. The van der Waals surface area contributed by atoms with Crippen LogP contribution in [0, 0.1) is 6.92 Å². The summed E-state index contributed by atoms with van der Waals surface area (Å²) in [6, 6.07) is 1.74. The quantitative estimate of drug-likeness (QED) is 0.732. The van der Waals surface area contributed by atoms with Crippen LogP contribution in [0.3, 0.4) is 0 Å². The van der Waals surface area contributed by atoms with Crippen LogP contribution >= 0.6 is 0 Å². The first kappa shape index (κ1) is 18.8. The highest BCUT2D eigenvalue weighted by molar-refractivity contribution is 5.93. The Morgan fingerprint density at radius 1 is 1.39 bits per heavy atom. The molecule has 0 aliphatic carbocycles. The van der Waals surface area contributed by atoms with Gasteiger partial charge in [0.1, 0.15) is 17.4 Å². The highest BCUT2D eigenvalue weighted by atomic mass is 16.5. The second-order valence-corrected chi connectivity index (χ2v) is 7.38. The SMILES string of the molecule is COCCn1ccc(C(=O)N2CC3(C[C@H](Oc4cncc(C)n4)CCO3)C2)n1. The molecular weight excluding hydrogens is 362 g/mol. The van der Waals surface area contributed by atoms with Gasteiger partial charge in [-0.2, -0.15) is 5.10 Å². The van der Waals surface area contributed by atoms with E-state index in [9.17, 15) is 4.79 Å². The molecule has 0 aromatic carbocycles. The number of nitrogens with zero attached hydrogens (tertiary/aromatic N) is 5. The normalized spacial score (nSPS) is 20.8. The number of rotatable bonds is 6. The maximum absolute atomic E-state index is 12.7. The molecule has 2 aromatic rings. The molecule has 4 rings (SSSR count). The summed E-state index contributed by atoms with van der Waals surface area (Å²) in [7, 11) is 1.64. The summed E-state index contributed by atoms with van der Waals surface area (Å²) in [5.74, 6) is 0.467. The number of aryl methyl sites for hydroxylation is 1. The lowest BCUT2D eigenvalue weighted by Crippen LogP contribution is -2.67. The number of carbonyl (C=O) groups is 1. The summed E-state index contributed by atoms with van der Waals surface area (Å²) in [6.45, 7) is 4.78. The van der Waals surface area contributed by atoms with Crippen molar-refractivity contribution in [3.05, 3.63) is 36.0 Å². The van der Waals surface area contributed by atoms with Gasteiger partial charge in [-0.15, -0.1) is 0 Å². The molecule has 0 saturated carbocycles. The zero-order valence-corrected chi connectivity index (χ0v) is 16.2. The van der Waals surface area contributed by atoms with Crippen molar-refractivity contribution in [3.8, 4) is 5.88 Å². The topological polar surface area (TPSA) is 91.6 Å². The van der Waals surface area contributed by atoms with Crippen LogP contribution < -0.4 is 4.74 Å². The molecule has 1 amide bonds. The lowest BCUT2D eigenvalue weighted by atomic mass is 9.84. The van der Waals surface area contributed by atoms with E-state index >= 15 is 0 Å². The lowest BCUT2D eigenvalue weighted by Gasteiger charge is -2.52. The standard InChI is InChI=1S/C19H25N5O4/c1-14-10-20-11-17(21-14)28-15-4-7-27-19(9-15)12-23(13-19)18(25)16-3-5-24(22-16)6-8-26-2/h3,5,10-11,15H,4,6-9,12-13H2,1-2H3/t15-/m1/s1.